The molecule has 0 saturated carbocycles. The molecule has 2 saturated heterocycles. The van der Waals surface area contributed by atoms with Crippen LogP contribution in [0.25, 0.3) is 0 Å². The third kappa shape index (κ3) is 4.60. The Labute approximate surface area is 154 Å². The summed E-state index contributed by atoms with van der Waals surface area (Å²) in [7, 11) is 3.54. The minimum atomic E-state index is -0.407. The van der Waals surface area contributed by atoms with Crippen LogP contribution in [0.4, 0.5) is 16.2 Å². The molecule has 144 valence electrons. The number of rotatable bonds is 5. The second kappa shape index (κ2) is 8.62. The molecule has 2 aliphatic rings. The van der Waals surface area contributed by atoms with Crippen molar-refractivity contribution >= 4 is 17.7 Å². The highest BCUT2D eigenvalue weighted by atomic mass is 19.1. The molecular formula is C18H28FN5O2. The van der Waals surface area contributed by atoms with Crippen molar-refractivity contribution in [2.45, 2.75) is 25.7 Å². The molecule has 0 spiro atoms. The van der Waals surface area contributed by atoms with Gasteiger partial charge in [0.25, 0.3) is 0 Å². The van der Waals surface area contributed by atoms with Crippen molar-refractivity contribution in [2.24, 2.45) is 5.92 Å². The summed E-state index contributed by atoms with van der Waals surface area (Å²) in [4.78, 5) is 26.4. The quantitative estimate of drug-likeness (QED) is 0.789. The number of carbonyl (C=O) groups excluding carboxylic acids is 1. The Kier molecular flexibility index (Phi) is 6.24. The van der Waals surface area contributed by atoms with Crippen molar-refractivity contribution in [3.63, 3.8) is 0 Å². The second-order valence-corrected chi connectivity index (χ2v) is 7.20. The molecule has 0 aromatic carbocycles. The molecule has 1 aromatic rings. The van der Waals surface area contributed by atoms with Gasteiger partial charge >= 0.3 is 0 Å². The zero-order chi connectivity index (χ0) is 18.5. The number of anilines is 2. The molecule has 3 heterocycles. The lowest BCUT2D eigenvalue weighted by molar-refractivity contribution is -0.135. The molecule has 2 aliphatic heterocycles. The zero-order valence-corrected chi connectivity index (χ0v) is 15.7. The van der Waals surface area contributed by atoms with Crippen LogP contribution in [-0.2, 0) is 9.53 Å². The molecule has 1 amide bonds. The van der Waals surface area contributed by atoms with Gasteiger partial charge in [-0.2, -0.15) is 4.98 Å². The third-order valence-electron chi connectivity index (χ3n) is 5.16. The van der Waals surface area contributed by atoms with Gasteiger partial charge < -0.3 is 19.4 Å². The van der Waals surface area contributed by atoms with Crippen LogP contribution < -0.4 is 9.80 Å². The van der Waals surface area contributed by atoms with Crippen molar-refractivity contribution < 1.29 is 13.9 Å². The predicted molar refractivity (Wildman–Crippen MR) is 97.9 cm³/mol. The Morgan fingerprint density at radius 3 is 2.62 bits per heavy atom. The number of halogens is 1. The Balaban J connectivity index is 1.47. The van der Waals surface area contributed by atoms with E-state index in [1.165, 1.54) is 6.20 Å². The van der Waals surface area contributed by atoms with Gasteiger partial charge in [-0.25, -0.2) is 9.37 Å². The van der Waals surface area contributed by atoms with E-state index in [1.54, 1.807) is 19.0 Å². The van der Waals surface area contributed by atoms with Crippen molar-refractivity contribution in [1.29, 1.82) is 0 Å². The molecule has 1 aromatic heterocycles. The van der Waals surface area contributed by atoms with Crippen molar-refractivity contribution in [3.05, 3.63) is 12.0 Å². The van der Waals surface area contributed by atoms with Crippen LogP contribution in [0.15, 0.2) is 6.20 Å². The van der Waals surface area contributed by atoms with Gasteiger partial charge in [0.05, 0.1) is 19.4 Å². The first-order valence-electron chi connectivity index (χ1n) is 9.35. The SMILES string of the molecule is CN(C)c1nc(N2CCC(CCC(=O)N3CCOCC3)CC2)ncc1F. The summed E-state index contributed by atoms with van der Waals surface area (Å²) in [6.07, 6.45) is 4.80. The monoisotopic (exact) mass is 365 g/mol. The highest BCUT2D eigenvalue weighted by Gasteiger charge is 2.24. The van der Waals surface area contributed by atoms with Crippen LogP contribution in [-0.4, -0.2) is 74.3 Å². The molecule has 0 N–H and O–H groups in total. The number of piperidine rings is 1. The average molecular weight is 365 g/mol. The van der Waals surface area contributed by atoms with Crippen LogP contribution in [0.2, 0.25) is 0 Å². The molecule has 0 bridgehead atoms. The fourth-order valence-electron chi connectivity index (χ4n) is 3.54. The summed E-state index contributed by atoms with van der Waals surface area (Å²) >= 11 is 0. The van der Waals surface area contributed by atoms with E-state index in [-0.39, 0.29) is 5.91 Å². The van der Waals surface area contributed by atoms with Crippen LogP contribution in [0.5, 0.6) is 0 Å². The van der Waals surface area contributed by atoms with Crippen molar-refractivity contribution in [2.75, 3.05) is 63.3 Å². The number of aromatic nitrogens is 2. The van der Waals surface area contributed by atoms with Gasteiger partial charge in [0, 0.05) is 46.7 Å². The normalized spacial score (nSPS) is 18.9. The van der Waals surface area contributed by atoms with Gasteiger partial charge in [0.2, 0.25) is 11.9 Å². The molecular weight excluding hydrogens is 337 g/mol. The molecule has 0 radical (unpaired) electrons. The standard InChI is InChI=1S/C18H28FN5O2/c1-22(2)17-15(19)13-20-18(21-17)24-7-5-14(6-8-24)3-4-16(25)23-9-11-26-12-10-23/h13-14H,3-12H2,1-2H3. The molecule has 0 aliphatic carbocycles. The Hall–Kier alpha value is -1.96. The molecule has 0 unspecified atom stereocenters. The number of ether oxygens (including phenoxy) is 1. The van der Waals surface area contributed by atoms with E-state index >= 15 is 0 Å². The summed E-state index contributed by atoms with van der Waals surface area (Å²) in [6.45, 7) is 4.41. The van der Waals surface area contributed by atoms with Crippen LogP contribution >= 0.6 is 0 Å². The highest BCUT2D eigenvalue weighted by molar-refractivity contribution is 5.76. The maximum atomic E-state index is 13.8. The van der Waals surface area contributed by atoms with Gasteiger partial charge in [-0.1, -0.05) is 0 Å². The zero-order valence-electron chi connectivity index (χ0n) is 15.7. The number of nitrogens with zero attached hydrogens (tertiary/aromatic N) is 5. The van der Waals surface area contributed by atoms with E-state index in [0.717, 1.165) is 32.4 Å². The lowest BCUT2D eigenvalue weighted by Gasteiger charge is -2.33. The van der Waals surface area contributed by atoms with E-state index in [0.29, 0.717) is 50.4 Å². The van der Waals surface area contributed by atoms with E-state index in [4.69, 9.17) is 4.74 Å². The lowest BCUT2D eigenvalue weighted by Crippen LogP contribution is -2.41. The van der Waals surface area contributed by atoms with E-state index in [9.17, 15) is 9.18 Å². The minimum Gasteiger partial charge on any atom is -0.378 e. The predicted octanol–water partition coefficient (Wildman–Crippen LogP) is 1.54. The van der Waals surface area contributed by atoms with E-state index in [1.807, 2.05) is 4.90 Å². The fraction of sp³-hybridized carbons (Fsp3) is 0.722. The van der Waals surface area contributed by atoms with Gasteiger partial charge in [-0.05, 0) is 25.2 Å². The summed E-state index contributed by atoms with van der Waals surface area (Å²) in [5, 5.41) is 0. The third-order valence-corrected chi connectivity index (χ3v) is 5.16. The van der Waals surface area contributed by atoms with Crippen LogP contribution in [0, 0.1) is 11.7 Å². The van der Waals surface area contributed by atoms with Crippen LogP contribution in [0.3, 0.4) is 0 Å². The van der Waals surface area contributed by atoms with Crippen LogP contribution in [0.1, 0.15) is 25.7 Å². The first-order chi connectivity index (χ1) is 12.5. The van der Waals surface area contributed by atoms with Crippen molar-refractivity contribution in [1.82, 2.24) is 14.9 Å². The number of hydrogen-bond acceptors (Lipinski definition) is 6. The number of carbonyl (C=O) groups is 1. The number of morpholine rings is 1. The Bertz CT molecular complexity index is 614. The van der Waals surface area contributed by atoms with Crippen molar-refractivity contribution in [3.8, 4) is 0 Å². The Morgan fingerprint density at radius 2 is 1.96 bits per heavy atom. The number of amides is 1. The molecule has 7 nitrogen and oxygen atoms in total. The van der Waals surface area contributed by atoms with E-state index < -0.39 is 5.82 Å². The maximum absolute atomic E-state index is 13.8. The lowest BCUT2D eigenvalue weighted by atomic mass is 9.92. The van der Waals surface area contributed by atoms with Gasteiger partial charge in [-0.15, -0.1) is 0 Å². The first-order valence-corrected chi connectivity index (χ1v) is 9.35. The molecule has 3 rings (SSSR count). The summed E-state index contributed by atoms with van der Waals surface area (Å²) in [6, 6.07) is 0. The minimum absolute atomic E-state index is 0.244. The van der Waals surface area contributed by atoms with Gasteiger partial charge in [0.1, 0.15) is 0 Å². The summed E-state index contributed by atoms with van der Waals surface area (Å²) in [5.41, 5.74) is 0. The second-order valence-electron chi connectivity index (χ2n) is 7.20. The summed E-state index contributed by atoms with van der Waals surface area (Å²) in [5.74, 6) is 1.28. The molecule has 2 fully saturated rings. The average Bonchev–Trinajstić information content (AvgIpc) is 2.67. The number of hydrogen-bond donors (Lipinski definition) is 0. The topological polar surface area (TPSA) is 61.8 Å². The molecule has 8 heteroatoms. The largest absolute Gasteiger partial charge is 0.378 e. The van der Waals surface area contributed by atoms with E-state index in [2.05, 4.69) is 14.9 Å². The molecule has 0 atom stereocenters. The Morgan fingerprint density at radius 1 is 1.27 bits per heavy atom. The highest BCUT2D eigenvalue weighted by Crippen LogP contribution is 2.26. The summed E-state index contributed by atoms with van der Waals surface area (Å²) < 4.78 is 19.0. The van der Waals surface area contributed by atoms with Gasteiger partial charge in [0.15, 0.2) is 11.6 Å². The fourth-order valence-corrected chi connectivity index (χ4v) is 3.54. The van der Waals surface area contributed by atoms with Gasteiger partial charge in [-0.3, -0.25) is 4.79 Å². The maximum Gasteiger partial charge on any atom is 0.227 e. The smallest absolute Gasteiger partial charge is 0.227 e. The molecule has 26 heavy (non-hydrogen) atoms. The first kappa shape index (κ1) is 18.8.